The Kier molecular flexibility index (Phi) is 6.12. The number of nitrogens with zero attached hydrogens (tertiary/aromatic N) is 3. The third-order valence-corrected chi connectivity index (χ3v) is 5.59. The van der Waals surface area contributed by atoms with Gasteiger partial charge in [-0.2, -0.15) is 4.98 Å². The van der Waals surface area contributed by atoms with E-state index in [2.05, 4.69) is 27.8 Å². The molecular weight excluding hydrogens is 414 g/mol. The van der Waals surface area contributed by atoms with Crippen LogP contribution in [0.3, 0.4) is 0 Å². The van der Waals surface area contributed by atoms with Crippen molar-refractivity contribution < 1.29 is 9.53 Å². The van der Waals surface area contributed by atoms with Gasteiger partial charge in [0.05, 0.1) is 18.7 Å². The first-order valence-corrected chi connectivity index (χ1v) is 11.0. The van der Waals surface area contributed by atoms with E-state index in [0.717, 1.165) is 22.4 Å². The fourth-order valence-corrected chi connectivity index (χ4v) is 3.82. The molecule has 1 aromatic heterocycles. The van der Waals surface area contributed by atoms with Crippen LogP contribution in [0, 0.1) is 0 Å². The van der Waals surface area contributed by atoms with E-state index in [1.165, 1.54) is 5.56 Å². The molecule has 1 aliphatic heterocycles. The van der Waals surface area contributed by atoms with E-state index in [9.17, 15) is 4.79 Å². The summed E-state index contributed by atoms with van der Waals surface area (Å²) in [6, 6.07) is 25.6. The lowest BCUT2D eigenvalue weighted by Crippen LogP contribution is -2.40. The molecule has 1 amide bonds. The van der Waals surface area contributed by atoms with Crippen LogP contribution in [0.1, 0.15) is 15.9 Å². The van der Waals surface area contributed by atoms with Crippen LogP contribution in [0.4, 0.5) is 17.5 Å². The Morgan fingerprint density at radius 1 is 0.879 bits per heavy atom. The van der Waals surface area contributed by atoms with Crippen LogP contribution in [-0.2, 0) is 11.3 Å². The van der Waals surface area contributed by atoms with Gasteiger partial charge < -0.3 is 20.3 Å². The average Bonchev–Trinajstić information content (AvgIpc) is 2.88. The molecule has 166 valence electrons. The van der Waals surface area contributed by atoms with Crippen molar-refractivity contribution >= 4 is 34.3 Å². The Labute approximate surface area is 192 Å². The molecule has 0 atom stereocenters. The van der Waals surface area contributed by atoms with Crippen molar-refractivity contribution in [1.29, 1.82) is 0 Å². The SMILES string of the molecule is O=C(c1ccc(Nc2nc(NCc3ccccc3)c3ccccc3n2)cc1)N1CCOCC1. The van der Waals surface area contributed by atoms with E-state index in [1.807, 2.05) is 71.6 Å². The lowest BCUT2D eigenvalue weighted by atomic mass is 10.1. The highest BCUT2D eigenvalue weighted by Gasteiger charge is 2.18. The Hall–Kier alpha value is -3.97. The fraction of sp³-hybridized carbons (Fsp3) is 0.192. The minimum Gasteiger partial charge on any atom is -0.378 e. The molecule has 4 aromatic rings. The van der Waals surface area contributed by atoms with Gasteiger partial charge in [0.25, 0.3) is 5.91 Å². The molecular formula is C26H25N5O2. The molecule has 0 unspecified atom stereocenters. The first-order chi connectivity index (χ1) is 16.3. The molecule has 1 fully saturated rings. The lowest BCUT2D eigenvalue weighted by molar-refractivity contribution is 0.0303. The highest BCUT2D eigenvalue weighted by molar-refractivity contribution is 5.95. The number of aromatic nitrogens is 2. The highest BCUT2D eigenvalue weighted by atomic mass is 16.5. The molecule has 7 heteroatoms. The average molecular weight is 440 g/mol. The molecule has 7 nitrogen and oxygen atoms in total. The predicted octanol–water partition coefficient (Wildman–Crippen LogP) is 4.46. The Balaban J connectivity index is 1.34. The molecule has 3 aromatic carbocycles. The third kappa shape index (κ3) is 4.94. The molecule has 0 radical (unpaired) electrons. The van der Waals surface area contributed by atoms with E-state index in [4.69, 9.17) is 9.72 Å². The number of fused-ring (bicyclic) bond motifs is 1. The number of hydrogen-bond acceptors (Lipinski definition) is 6. The minimum atomic E-state index is 0.0270. The summed E-state index contributed by atoms with van der Waals surface area (Å²) >= 11 is 0. The zero-order valence-electron chi connectivity index (χ0n) is 18.2. The maximum Gasteiger partial charge on any atom is 0.254 e. The zero-order chi connectivity index (χ0) is 22.5. The standard InChI is InChI=1S/C26H25N5O2/c32-25(31-14-16-33-17-15-31)20-10-12-21(13-11-20)28-26-29-23-9-5-4-8-22(23)24(30-26)27-18-19-6-2-1-3-7-19/h1-13H,14-18H2,(H2,27,28,29,30). The van der Waals surface area contributed by atoms with Gasteiger partial charge in [-0.1, -0.05) is 42.5 Å². The molecule has 1 saturated heterocycles. The summed E-state index contributed by atoms with van der Waals surface area (Å²) in [5.41, 5.74) is 3.50. The summed E-state index contributed by atoms with van der Waals surface area (Å²) in [6.07, 6.45) is 0. The van der Waals surface area contributed by atoms with E-state index < -0.39 is 0 Å². The zero-order valence-corrected chi connectivity index (χ0v) is 18.2. The second kappa shape index (κ2) is 9.67. The minimum absolute atomic E-state index is 0.0270. The highest BCUT2D eigenvalue weighted by Crippen LogP contribution is 2.24. The first-order valence-electron chi connectivity index (χ1n) is 11.0. The van der Waals surface area contributed by atoms with Gasteiger partial charge in [0.2, 0.25) is 5.95 Å². The topological polar surface area (TPSA) is 79.4 Å². The number of hydrogen-bond donors (Lipinski definition) is 2. The normalized spacial score (nSPS) is 13.6. The van der Waals surface area contributed by atoms with Gasteiger partial charge in [-0.15, -0.1) is 0 Å². The van der Waals surface area contributed by atoms with Crippen LogP contribution in [0.5, 0.6) is 0 Å². The number of ether oxygens (including phenoxy) is 1. The van der Waals surface area contributed by atoms with Gasteiger partial charge in [-0.3, -0.25) is 4.79 Å². The quantitative estimate of drug-likeness (QED) is 0.462. The smallest absolute Gasteiger partial charge is 0.254 e. The monoisotopic (exact) mass is 439 g/mol. The predicted molar refractivity (Wildman–Crippen MR) is 130 cm³/mol. The van der Waals surface area contributed by atoms with Gasteiger partial charge in [-0.05, 0) is 42.0 Å². The van der Waals surface area contributed by atoms with Crippen LogP contribution >= 0.6 is 0 Å². The number of rotatable bonds is 6. The van der Waals surface area contributed by atoms with Gasteiger partial charge >= 0.3 is 0 Å². The van der Waals surface area contributed by atoms with Gasteiger partial charge in [0.1, 0.15) is 5.82 Å². The number of benzene rings is 3. The third-order valence-electron chi connectivity index (χ3n) is 5.59. The maximum absolute atomic E-state index is 12.7. The summed E-state index contributed by atoms with van der Waals surface area (Å²) in [5, 5.41) is 7.68. The summed E-state index contributed by atoms with van der Waals surface area (Å²) in [4.78, 5) is 23.9. The molecule has 2 N–H and O–H groups in total. The van der Waals surface area contributed by atoms with Crippen LogP contribution in [0.2, 0.25) is 0 Å². The first kappa shape index (κ1) is 20.9. The van der Waals surface area contributed by atoms with Crippen molar-refractivity contribution in [3.63, 3.8) is 0 Å². The van der Waals surface area contributed by atoms with Crippen LogP contribution in [0.25, 0.3) is 10.9 Å². The maximum atomic E-state index is 12.7. The molecule has 0 spiro atoms. The van der Waals surface area contributed by atoms with Gasteiger partial charge in [-0.25, -0.2) is 4.98 Å². The van der Waals surface area contributed by atoms with Crippen molar-refractivity contribution in [1.82, 2.24) is 14.9 Å². The Morgan fingerprint density at radius 3 is 2.39 bits per heavy atom. The van der Waals surface area contributed by atoms with Crippen molar-refractivity contribution in [3.8, 4) is 0 Å². The summed E-state index contributed by atoms with van der Waals surface area (Å²) < 4.78 is 5.33. The number of amides is 1. The summed E-state index contributed by atoms with van der Waals surface area (Å²) in [6.45, 7) is 3.10. The van der Waals surface area contributed by atoms with E-state index >= 15 is 0 Å². The van der Waals surface area contributed by atoms with Crippen LogP contribution < -0.4 is 10.6 Å². The second-order valence-corrected chi connectivity index (χ2v) is 7.86. The number of nitrogens with one attached hydrogen (secondary N) is 2. The Morgan fingerprint density at radius 2 is 1.61 bits per heavy atom. The van der Waals surface area contributed by atoms with Crippen molar-refractivity contribution in [3.05, 3.63) is 90.0 Å². The number of para-hydroxylation sites is 1. The molecule has 2 heterocycles. The second-order valence-electron chi connectivity index (χ2n) is 7.86. The fourth-order valence-electron chi connectivity index (χ4n) is 3.82. The van der Waals surface area contributed by atoms with Crippen molar-refractivity contribution in [2.24, 2.45) is 0 Å². The molecule has 33 heavy (non-hydrogen) atoms. The summed E-state index contributed by atoms with van der Waals surface area (Å²) in [5.74, 6) is 1.29. The van der Waals surface area contributed by atoms with Gasteiger partial charge in [0, 0.05) is 36.3 Å². The van der Waals surface area contributed by atoms with E-state index in [-0.39, 0.29) is 5.91 Å². The molecule has 5 rings (SSSR count). The summed E-state index contributed by atoms with van der Waals surface area (Å²) in [7, 11) is 0. The number of carbonyl (C=O) groups is 1. The largest absolute Gasteiger partial charge is 0.378 e. The van der Waals surface area contributed by atoms with E-state index in [1.54, 1.807) is 0 Å². The van der Waals surface area contributed by atoms with Crippen molar-refractivity contribution in [2.45, 2.75) is 6.54 Å². The molecule has 0 aliphatic carbocycles. The molecule has 0 saturated carbocycles. The number of morpholine rings is 1. The molecule has 1 aliphatic rings. The van der Waals surface area contributed by atoms with Crippen molar-refractivity contribution in [2.75, 3.05) is 36.9 Å². The van der Waals surface area contributed by atoms with Gasteiger partial charge in [0.15, 0.2) is 0 Å². The number of anilines is 3. The van der Waals surface area contributed by atoms with E-state index in [0.29, 0.717) is 44.4 Å². The number of carbonyl (C=O) groups excluding carboxylic acids is 1. The molecule has 0 bridgehead atoms. The van der Waals surface area contributed by atoms with Crippen LogP contribution in [-0.4, -0.2) is 47.1 Å². The lowest BCUT2D eigenvalue weighted by Gasteiger charge is -2.26. The Bertz CT molecular complexity index is 1240. The van der Waals surface area contributed by atoms with Crippen LogP contribution in [0.15, 0.2) is 78.9 Å².